The van der Waals surface area contributed by atoms with Gasteiger partial charge in [-0.1, -0.05) is 12.2 Å². The molecule has 1 aromatic carbocycles. The van der Waals surface area contributed by atoms with Crippen LogP contribution in [-0.4, -0.2) is 29.3 Å². The van der Waals surface area contributed by atoms with Gasteiger partial charge in [-0.25, -0.2) is 0 Å². The molecule has 0 fully saturated rings. The highest BCUT2D eigenvalue weighted by molar-refractivity contribution is 7.80. The Balaban J connectivity index is 3.10. The zero-order chi connectivity index (χ0) is 13.2. The molecule has 0 unspecified atom stereocenters. The quantitative estimate of drug-likeness (QED) is 0.803. The molecule has 0 aliphatic heterocycles. The van der Waals surface area contributed by atoms with E-state index >= 15 is 0 Å². The molecule has 0 radical (unpaired) electrons. The van der Waals surface area contributed by atoms with Gasteiger partial charge in [-0.2, -0.15) is 0 Å². The van der Waals surface area contributed by atoms with Crippen LogP contribution in [0.15, 0.2) is 18.2 Å². The van der Waals surface area contributed by atoms with Crippen molar-refractivity contribution in [3.05, 3.63) is 29.3 Å². The van der Waals surface area contributed by atoms with Gasteiger partial charge in [0.15, 0.2) is 0 Å². The number of aryl methyl sites for hydroxylation is 1. The van der Waals surface area contributed by atoms with Crippen molar-refractivity contribution in [1.82, 2.24) is 0 Å². The van der Waals surface area contributed by atoms with E-state index in [9.17, 15) is 5.11 Å². The molecular formula is C13H20N2OS. The number of rotatable bonds is 4. The summed E-state index contributed by atoms with van der Waals surface area (Å²) < 4.78 is 0. The first kappa shape index (κ1) is 13.9. The van der Waals surface area contributed by atoms with Crippen molar-refractivity contribution in [2.45, 2.75) is 26.3 Å². The molecule has 0 aliphatic rings. The van der Waals surface area contributed by atoms with E-state index < -0.39 is 0 Å². The third kappa shape index (κ3) is 2.96. The summed E-state index contributed by atoms with van der Waals surface area (Å²) in [6.45, 7) is 6.06. The van der Waals surface area contributed by atoms with Crippen LogP contribution in [0, 0.1) is 6.92 Å². The van der Waals surface area contributed by atoms with Crippen molar-refractivity contribution < 1.29 is 5.11 Å². The minimum absolute atomic E-state index is 0.0968. The standard InChI is InChI=1S/C13H20N2OS/c1-9-7-10(5-6-11(9)12(14)17)15(4)13(2,3)8-16/h5-7,16H,8H2,1-4H3,(H2,14,17). The molecular weight excluding hydrogens is 232 g/mol. The molecule has 1 rings (SSSR count). The van der Waals surface area contributed by atoms with E-state index in [2.05, 4.69) is 0 Å². The predicted molar refractivity (Wildman–Crippen MR) is 76.6 cm³/mol. The molecule has 0 aliphatic carbocycles. The zero-order valence-electron chi connectivity index (χ0n) is 10.8. The topological polar surface area (TPSA) is 49.5 Å². The van der Waals surface area contributed by atoms with Crippen molar-refractivity contribution >= 4 is 22.9 Å². The fourth-order valence-electron chi connectivity index (χ4n) is 1.59. The number of nitrogens with two attached hydrogens (primary N) is 1. The average molecular weight is 252 g/mol. The van der Waals surface area contributed by atoms with Crippen molar-refractivity contribution in [1.29, 1.82) is 0 Å². The number of hydrogen-bond acceptors (Lipinski definition) is 3. The van der Waals surface area contributed by atoms with Gasteiger partial charge in [0.05, 0.1) is 12.1 Å². The van der Waals surface area contributed by atoms with Gasteiger partial charge in [0.2, 0.25) is 0 Å². The fraction of sp³-hybridized carbons (Fsp3) is 0.462. The second-order valence-electron chi connectivity index (χ2n) is 4.89. The Labute approximate surface area is 108 Å². The smallest absolute Gasteiger partial charge is 0.104 e. The van der Waals surface area contributed by atoms with E-state index in [1.165, 1.54) is 0 Å². The van der Waals surface area contributed by atoms with Crippen molar-refractivity contribution in [2.24, 2.45) is 5.73 Å². The van der Waals surface area contributed by atoms with Crippen LogP contribution in [0.5, 0.6) is 0 Å². The summed E-state index contributed by atoms with van der Waals surface area (Å²) >= 11 is 4.98. The first-order chi connectivity index (χ1) is 7.79. The van der Waals surface area contributed by atoms with E-state index in [4.69, 9.17) is 18.0 Å². The second-order valence-corrected chi connectivity index (χ2v) is 5.33. The molecule has 0 saturated heterocycles. The molecule has 94 valence electrons. The van der Waals surface area contributed by atoms with Gasteiger partial charge in [0.1, 0.15) is 4.99 Å². The monoisotopic (exact) mass is 252 g/mol. The van der Waals surface area contributed by atoms with Crippen LogP contribution < -0.4 is 10.6 Å². The SMILES string of the molecule is Cc1cc(N(C)C(C)(C)CO)ccc1C(N)=S. The lowest BCUT2D eigenvalue weighted by Gasteiger charge is -2.36. The first-order valence-electron chi connectivity index (χ1n) is 5.55. The second kappa shape index (κ2) is 5.02. The number of benzene rings is 1. The Bertz CT molecular complexity index is 429. The van der Waals surface area contributed by atoms with E-state index in [0.29, 0.717) is 4.99 Å². The Morgan fingerprint density at radius 1 is 1.47 bits per heavy atom. The lowest BCUT2D eigenvalue weighted by molar-refractivity contribution is 0.216. The van der Waals surface area contributed by atoms with Crippen LogP contribution in [0.1, 0.15) is 25.0 Å². The van der Waals surface area contributed by atoms with Gasteiger partial charge in [-0.3, -0.25) is 0 Å². The summed E-state index contributed by atoms with van der Waals surface area (Å²) in [4.78, 5) is 2.46. The third-order valence-electron chi connectivity index (χ3n) is 3.16. The van der Waals surface area contributed by atoms with E-state index in [0.717, 1.165) is 16.8 Å². The Morgan fingerprint density at radius 2 is 2.06 bits per heavy atom. The lowest BCUT2D eigenvalue weighted by Crippen LogP contribution is -2.44. The van der Waals surface area contributed by atoms with Gasteiger partial charge >= 0.3 is 0 Å². The van der Waals surface area contributed by atoms with Crippen molar-refractivity contribution in [3.63, 3.8) is 0 Å². The molecule has 0 aromatic heterocycles. The number of likely N-dealkylation sites (N-methyl/N-ethyl adjacent to an activating group) is 1. The van der Waals surface area contributed by atoms with E-state index in [-0.39, 0.29) is 12.1 Å². The molecule has 3 nitrogen and oxygen atoms in total. The van der Waals surface area contributed by atoms with E-state index in [1.807, 2.05) is 50.9 Å². The van der Waals surface area contributed by atoms with Crippen LogP contribution in [0.25, 0.3) is 0 Å². The average Bonchev–Trinajstić information content (AvgIpc) is 2.27. The van der Waals surface area contributed by atoms with Gasteiger partial charge in [0.25, 0.3) is 0 Å². The van der Waals surface area contributed by atoms with Crippen molar-refractivity contribution in [2.75, 3.05) is 18.6 Å². The highest BCUT2D eigenvalue weighted by Gasteiger charge is 2.23. The Morgan fingerprint density at radius 3 is 2.47 bits per heavy atom. The molecule has 0 amide bonds. The maximum atomic E-state index is 9.36. The number of thiocarbonyl (C=S) groups is 1. The molecule has 0 bridgehead atoms. The number of anilines is 1. The molecule has 0 atom stereocenters. The normalized spacial score (nSPS) is 11.4. The van der Waals surface area contributed by atoms with E-state index in [1.54, 1.807) is 0 Å². The molecule has 0 spiro atoms. The molecule has 0 saturated carbocycles. The third-order valence-corrected chi connectivity index (χ3v) is 3.38. The molecule has 17 heavy (non-hydrogen) atoms. The number of aliphatic hydroxyl groups excluding tert-OH is 1. The van der Waals surface area contributed by atoms with Gasteiger partial charge in [-0.05, 0) is 44.5 Å². The summed E-state index contributed by atoms with van der Waals surface area (Å²) in [6, 6.07) is 5.93. The molecule has 0 heterocycles. The fourth-order valence-corrected chi connectivity index (χ4v) is 1.82. The largest absolute Gasteiger partial charge is 0.394 e. The summed E-state index contributed by atoms with van der Waals surface area (Å²) in [5.41, 5.74) is 8.33. The number of nitrogens with zero attached hydrogens (tertiary/aromatic N) is 1. The summed E-state index contributed by atoms with van der Waals surface area (Å²) in [5.74, 6) is 0. The first-order valence-corrected chi connectivity index (χ1v) is 5.95. The lowest BCUT2D eigenvalue weighted by atomic mass is 10.0. The summed E-state index contributed by atoms with van der Waals surface area (Å²) in [5, 5.41) is 9.36. The number of hydrogen-bond donors (Lipinski definition) is 2. The van der Waals surface area contributed by atoms with Crippen molar-refractivity contribution in [3.8, 4) is 0 Å². The van der Waals surface area contributed by atoms with Crippen LogP contribution in [0.4, 0.5) is 5.69 Å². The number of aliphatic hydroxyl groups is 1. The van der Waals surface area contributed by atoms with Gasteiger partial charge < -0.3 is 15.7 Å². The predicted octanol–water partition coefficient (Wildman–Crippen LogP) is 1.84. The van der Waals surface area contributed by atoms with Crippen LogP contribution in [0.3, 0.4) is 0 Å². The molecule has 1 aromatic rings. The van der Waals surface area contributed by atoms with Gasteiger partial charge in [0, 0.05) is 18.3 Å². The molecule has 4 heteroatoms. The maximum absolute atomic E-state index is 9.36. The Kier molecular flexibility index (Phi) is 4.11. The van der Waals surface area contributed by atoms with Gasteiger partial charge in [-0.15, -0.1) is 0 Å². The van der Waals surface area contributed by atoms with Crippen LogP contribution >= 0.6 is 12.2 Å². The summed E-state index contributed by atoms with van der Waals surface area (Å²) in [7, 11) is 1.96. The molecule has 3 N–H and O–H groups in total. The van der Waals surface area contributed by atoms with Crippen LogP contribution in [-0.2, 0) is 0 Å². The minimum Gasteiger partial charge on any atom is -0.394 e. The maximum Gasteiger partial charge on any atom is 0.104 e. The highest BCUT2D eigenvalue weighted by atomic mass is 32.1. The summed E-state index contributed by atoms with van der Waals surface area (Å²) in [6.07, 6.45) is 0. The zero-order valence-corrected chi connectivity index (χ0v) is 11.6. The minimum atomic E-state index is -0.294. The Hall–Kier alpha value is -1.13. The highest BCUT2D eigenvalue weighted by Crippen LogP contribution is 2.24. The van der Waals surface area contributed by atoms with Crippen LogP contribution in [0.2, 0.25) is 0 Å².